The van der Waals surface area contributed by atoms with Crippen molar-refractivity contribution in [2.45, 2.75) is 19.6 Å². The minimum absolute atomic E-state index is 0.227. The summed E-state index contributed by atoms with van der Waals surface area (Å²) in [6.07, 6.45) is 5.25. The van der Waals surface area contributed by atoms with Gasteiger partial charge in [0.1, 0.15) is 5.76 Å². The van der Waals surface area contributed by atoms with Crippen molar-refractivity contribution in [1.29, 1.82) is 0 Å². The van der Waals surface area contributed by atoms with Gasteiger partial charge in [-0.15, -0.1) is 0 Å². The summed E-state index contributed by atoms with van der Waals surface area (Å²) in [5.74, 6) is 0.722. The zero-order chi connectivity index (χ0) is 15.9. The third-order valence-electron chi connectivity index (χ3n) is 3.45. The summed E-state index contributed by atoms with van der Waals surface area (Å²) in [6, 6.07) is 13.3. The van der Waals surface area contributed by atoms with Crippen LogP contribution in [0.2, 0.25) is 0 Å². The van der Waals surface area contributed by atoms with Crippen LogP contribution < -0.4 is 10.6 Å². The van der Waals surface area contributed by atoms with Crippen LogP contribution in [0.1, 0.15) is 16.9 Å². The van der Waals surface area contributed by atoms with Gasteiger partial charge in [0.05, 0.1) is 19.4 Å². The Morgan fingerprint density at radius 2 is 1.87 bits per heavy atom. The van der Waals surface area contributed by atoms with Crippen LogP contribution >= 0.6 is 0 Å². The molecule has 23 heavy (non-hydrogen) atoms. The Bertz CT molecular complexity index is 736. The zero-order valence-corrected chi connectivity index (χ0v) is 12.6. The maximum Gasteiger partial charge on any atom is 0.315 e. The van der Waals surface area contributed by atoms with Crippen molar-refractivity contribution in [2.24, 2.45) is 0 Å². The number of nitrogens with one attached hydrogen (secondary N) is 2. The van der Waals surface area contributed by atoms with E-state index in [-0.39, 0.29) is 6.03 Å². The van der Waals surface area contributed by atoms with E-state index in [1.165, 1.54) is 0 Å². The average Bonchev–Trinajstić information content (AvgIpc) is 3.25. The first kappa shape index (κ1) is 14.9. The minimum atomic E-state index is -0.227. The van der Waals surface area contributed by atoms with Gasteiger partial charge in [0.2, 0.25) is 0 Å². The molecule has 2 amide bonds. The highest BCUT2D eigenvalue weighted by molar-refractivity contribution is 5.73. The Hall–Kier alpha value is -3.02. The molecule has 3 aromatic rings. The summed E-state index contributed by atoms with van der Waals surface area (Å²) in [5.41, 5.74) is 2.19. The molecule has 0 aliphatic rings. The molecule has 0 saturated heterocycles. The summed E-state index contributed by atoms with van der Waals surface area (Å²) >= 11 is 0. The van der Waals surface area contributed by atoms with Crippen LogP contribution in [0.5, 0.6) is 0 Å². The topological polar surface area (TPSA) is 72.1 Å². The van der Waals surface area contributed by atoms with E-state index in [2.05, 4.69) is 15.7 Å². The standard InChI is InChI=1S/C17H18N4O2/c22-17(19-12-16-7-3-10-23-16)18-11-14-5-1-2-6-15(14)13-21-9-4-8-20-21/h1-10H,11-13H2,(H2,18,19,22). The molecule has 2 aromatic heterocycles. The van der Waals surface area contributed by atoms with Gasteiger partial charge in [-0.25, -0.2) is 4.79 Å². The van der Waals surface area contributed by atoms with E-state index in [0.29, 0.717) is 19.6 Å². The van der Waals surface area contributed by atoms with E-state index in [9.17, 15) is 4.79 Å². The molecule has 0 aliphatic carbocycles. The summed E-state index contributed by atoms with van der Waals surface area (Å²) in [4.78, 5) is 11.9. The zero-order valence-electron chi connectivity index (χ0n) is 12.6. The first-order valence-corrected chi connectivity index (χ1v) is 7.39. The molecule has 0 bridgehead atoms. The number of aromatic nitrogens is 2. The number of hydrogen-bond acceptors (Lipinski definition) is 3. The second-order valence-corrected chi connectivity index (χ2v) is 5.09. The first-order chi connectivity index (χ1) is 11.3. The number of amides is 2. The molecule has 0 atom stereocenters. The summed E-state index contributed by atoms with van der Waals surface area (Å²) in [6.45, 7) is 1.51. The quantitative estimate of drug-likeness (QED) is 0.735. The van der Waals surface area contributed by atoms with Crippen molar-refractivity contribution in [1.82, 2.24) is 20.4 Å². The monoisotopic (exact) mass is 310 g/mol. The lowest BCUT2D eigenvalue weighted by Crippen LogP contribution is -2.34. The summed E-state index contributed by atoms with van der Waals surface area (Å²) in [5, 5.41) is 9.83. The molecule has 0 fully saturated rings. The highest BCUT2D eigenvalue weighted by atomic mass is 16.3. The Kier molecular flexibility index (Phi) is 4.73. The van der Waals surface area contributed by atoms with Crippen molar-refractivity contribution < 1.29 is 9.21 Å². The van der Waals surface area contributed by atoms with Crippen LogP contribution in [0.15, 0.2) is 65.5 Å². The maximum absolute atomic E-state index is 11.9. The Morgan fingerprint density at radius 1 is 1.04 bits per heavy atom. The molecule has 3 rings (SSSR count). The molecule has 118 valence electrons. The van der Waals surface area contributed by atoms with Crippen LogP contribution in [0.4, 0.5) is 4.79 Å². The molecule has 0 unspecified atom stereocenters. The van der Waals surface area contributed by atoms with Crippen molar-refractivity contribution in [3.05, 3.63) is 78.0 Å². The van der Waals surface area contributed by atoms with Gasteiger partial charge in [-0.2, -0.15) is 5.10 Å². The van der Waals surface area contributed by atoms with Gasteiger partial charge in [0.25, 0.3) is 0 Å². The van der Waals surface area contributed by atoms with E-state index >= 15 is 0 Å². The van der Waals surface area contributed by atoms with Gasteiger partial charge >= 0.3 is 6.03 Å². The largest absolute Gasteiger partial charge is 0.467 e. The van der Waals surface area contributed by atoms with Gasteiger partial charge in [0, 0.05) is 18.9 Å². The highest BCUT2D eigenvalue weighted by Gasteiger charge is 2.06. The molecular formula is C17H18N4O2. The second-order valence-electron chi connectivity index (χ2n) is 5.09. The van der Waals surface area contributed by atoms with Gasteiger partial charge < -0.3 is 15.1 Å². The predicted octanol–water partition coefficient (Wildman–Crippen LogP) is 2.52. The Labute approximate surface area is 134 Å². The van der Waals surface area contributed by atoms with Crippen LogP contribution in [-0.4, -0.2) is 15.8 Å². The number of urea groups is 1. The van der Waals surface area contributed by atoms with Crippen molar-refractivity contribution in [2.75, 3.05) is 0 Å². The number of benzene rings is 1. The van der Waals surface area contributed by atoms with Gasteiger partial charge in [-0.05, 0) is 29.3 Å². The molecule has 0 aliphatic heterocycles. The molecule has 0 spiro atoms. The van der Waals surface area contributed by atoms with E-state index in [1.807, 2.05) is 47.3 Å². The Morgan fingerprint density at radius 3 is 2.61 bits per heavy atom. The van der Waals surface area contributed by atoms with Gasteiger partial charge in [0.15, 0.2) is 0 Å². The maximum atomic E-state index is 11.9. The molecular weight excluding hydrogens is 292 g/mol. The number of rotatable bonds is 6. The third kappa shape index (κ3) is 4.23. The van der Waals surface area contributed by atoms with E-state index in [0.717, 1.165) is 16.9 Å². The van der Waals surface area contributed by atoms with Crippen LogP contribution in [0, 0.1) is 0 Å². The van der Waals surface area contributed by atoms with Gasteiger partial charge in [-0.1, -0.05) is 24.3 Å². The Balaban J connectivity index is 1.54. The number of carbonyl (C=O) groups excluding carboxylic acids is 1. The summed E-state index contributed by atoms with van der Waals surface area (Å²) in [7, 11) is 0. The van der Waals surface area contributed by atoms with Crippen LogP contribution in [0.25, 0.3) is 0 Å². The lowest BCUT2D eigenvalue weighted by Gasteiger charge is -2.11. The summed E-state index contributed by atoms with van der Waals surface area (Å²) < 4.78 is 7.03. The lowest BCUT2D eigenvalue weighted by atomic mass is 10.1. The van der Waals surface area contributed by atoms with Crippen molar-refractivity contribution >= 4 is 6.03 Å². The number of carbonyl (C=O) groups is 1. The molecule has 0 radical (unpaired) electrons. The fourth-order valence-corrected chi connectivity index (χ4v) is 2.27. The molecule has 6 nitrogen and oxygen atoms in total. The van der Waals surface area contributed by atoms with E-state index in [1.54, 1.807) is 18.5 Å². The smallest absolute Gasteiger partial charge is 0.315 e. The average molecular weight is 310 g/mol. The fraction of sp³-hybridized carbons (Fsp3) is 0.176. The highest BCUT2D eigenvalue weighted by Crippen LogP contribution is 2.10. The van der Waals surface area contributed by atoms with Crippen LogP contribution in [-0.2, 0) is 19.6 Å². The minimum Gasteiger partial charge on any atom is -0.467 e. The number of nitrogens with zero attached hydrogens (tertiary/aromatic N) is 2. The number of furan rings is 1. The lowest BCUT2D eigenvalue weighted by molar-refractivity contribution is 0.239. The molecule has 2 N–H and O–H groups in total. The van der Waals surface area contributed by atoms with Gasteiger partial charge in [-0.3, -0.25) is 4.68 Å². The second kappa shape index (κ2) is 7.31. The molecule has 1 aromatic carbocycles. The predicted molar refractivity (Wildman–Crippen MR) is 85.6 cm³/mol. The first-order valence-electron chi connectivity index (χ1n) is 7.39. The molecule has 6 heteroatoms. The number of hydrogen-bond donors (Lipinski definition) is 2. The van der Waals surface area contributed by atoms with E-state index < -0.39 is 0 Å². The molecule has 0 saturated carbocycles. The molecule has 2 heterocycles. The SMILES string of the molecule is O=C(NCc1ccco1)NCc1ccccc1Cn1cccn1. The van der Waals surface area contributed by atoms with Crippen molar-refractivity contribution in [3.63, 3.8) is 0 Å². The van der Waals surface area contributed by atoms with Crippen LogP contribution in [0.3, 0.4) is 0 Å². The van der Waals surface area contributed by atoms with Crippen molar-refractivity contribution in [3.8, 4) is 0 Å². The normalized spacial score (nSPS) is 10.4. The fourth-order valence-electron chi connectivity index (χ4n) is 2.27. The van der Waals surface area contributed by atoms with E-state index in [4.69, 9.17) is 4.42 Å². The third-order valence-corrected chi connectivity index (χ3v) is 3.45.